The van der Waals surface area contributed by atoms with Crippen molar-refractivity contribution in [1.29, 1.82) is 21.0 Å². The van der Waals surface area contributed by atoms with Crippen molar-refractivity contribution in [1.82, 2.24) is 0 Å². The molecule has 3 amide bonds. The van der Waals surface area contributed by atoms with E-state index in [9.17, 15) is 19.2 Å². The van der Waals surface area contributed by atoms with Crippen LogP contribution in [0.25, 0.3) is 0 Å². The fourth-order valence-corrected chi connectivity index (χ4v) is 8.48. The molecule has 0 aromatic heterocycles. The molecule has 0 heterocycles. The average molecular weight is 1520 g/mol. The van der Waals surface area contributed by atoms with E-state index < -0.39 is 0 Å². The third kappa shape index (κ3) is 29.6. The number of amides is 3. The number of hydrogen-bond donors (Lipinski definition) is 5. The number of carbonyl (C=O) groups excluding carboxylic acids is 4. The van der Waals surface area contributed by atoms with Gasteiger partial charge in [-0.15, -0.1) is 0 Å². The Morgan fingerprint density at radius 3 is 1.23 bits per heavy atom. The van der Waals surface area contributed by atoms with Gasteiger partial charge in [0.15, 0.2) is 0 Å². The Morgan fingerprint density at radius 1 is 0.483 bits per heavy atom. The molecule has 0 unspecified atom stereocenters. The number of rotatable bonds is 4. The van der Waals surface area contributed by atoms with Crippen LogP contribution in [-0.4, -0.2) is 47.1 Å². The van der Waals surface area contributed by atoms with Gasteiger partial charge in [0.05, 0.1) is 47.4 Å². The van der Waals surface area contributed by atoms with Crippen molar-refractivity contribution >= 4 is 195 Å². The monoisotopic (exact) mass is 1520 g/mol. The molecule has 0 fully saturated rings. The van der Waals surface area contributed by atoms with Crippen LogP contribution in [0.3, 0.4) is 0 Å². The number of benzene rings is 7. The van der Waals surface area contributed by atoms with Crippen LogP contribution in [0.1, 0.15) is 106 Å². The summed E-state index contributed by atoms with van der Waals surface area (Å²) in [5.74, 6) is -0.337. The second kappa shape index (κ2) is 44.8. The minimum Gasteiger partial charge on any atom is -1.00 e. The number of nitrogen functional groups attached to an aromatic ring is 2. The van der Waals surface area contributed by atoms with E-state index >= 15 is 0 Å². The predicted octanol–water partition coefficient (Wildman–Crippen LogP) is 16.1. The van der Waals surface area contributed by atoms with Crippen LogP contribution in [-0.2, 0) is 14.4 Å². The Balaban J connectivity index is -0.000000938. The van der Waals surface area contributed by atoms with Gasteiger partial charge in [-0.25, -0.2) is 0 Å². The molecular formula is C63H61BrCl8IMgN9O4. The normalized spacial score (nSPS) is 9.07. The van der Waals surface area contributed by atoms with Gasteiger partial charge < -0.3 is 46.2 Å². The smallest absolute Gasteiger partial charge is 1.00 e. The molecule has 7 N–H and O–H groups in total. The van der Waals surface area contributed by atoms with E-state index in [1.54, 1.807) is 81.4 Å². The molecule has 0 atom stereocenters. The quantitative estimate of drug-likeness (QED) is 0.0366. The topological polar surface area (TPSA) is 252 Å². The van der Waals surface area contributed by atoms with Crippen LogP contribution in [0.2, 0.25) is 35.2 Å². The molecule has 7 rings (SSSR count). The van der Waals surface area contributed by atoms with Crippen LogP contribution in [0.15, 0.2) is 102 Å². The van der Waals surface area contributed by atoms with Crippen molar-refractivity contribution in [3.63, 3.8) is 0 Å². The molecule has 0 radical (unpaired) electrons. The van der Waals surface area contributed by atoms with Gasteiger partial charge in [0, 0.05) is 72.9 Å². The number of anilines is 5. The van der Waals surface area contributed by atoms with Gasteiger partial charge in [-0.05, 0) is 205 Å². The molecule has 0 aliphatic carbocycles. The molecule has 0 saturated heterocycles. The number of nitriles is 4. The molecule has 7 aromatic rings. The Labute approximate surface area is 590 Å². The molecule has 0 spiro atoms. The maximum absolute atomic E-state index is 10.8. The SMILES string of the molecule is CC(=O)Nc1ccc(Br)c(Cl)c1C.CC(=O)Nc1ccc(C#N)c(Cl)c1C.CC(=O)Nc1cccc(Cl)c1C.C[CH-]C.Cc1c(C=O)ccc(C#N)c1Cl.Cc1c(I)ccc(C#N)c1Cl.Cc1c(N)ccc(C#N)c1Cl.Cc1c(N)cccc1Cl.[Cl-].[Mg+2]. The molecular weight excluding hydrogens is 1460 g/mol. The summed E-state index contributed by atoms with van der Waals surface area (Å²) in [6.45, 7) is 21.2. The van der Waals surface area contributed by atoms with Gasteiger partial charge in [0.25, 0.3) is 0 Å². The van der Waals surface area contributed by atoms with Gasteiger partial charge in [-0.2, -0.15) is 34.9 Å². The van der Waals surface area contributed by atoms with Crippen molar-refractivity contribution in [2.45, 2.75) is 83.1 Å². The van der Waals surface area contributed by atoms with Gasteiger partial charge in [0.2, 0.25) is 17.7 Å². The first-order valence-corrected chi connectivity index (χ1v) is 29.3. The van der Waals surface area contributed by atoms with Crippen LogP contribution in [0, 0.1) is 104 Å². The summed E-state index contributed by atoms with van der Waals surface area (Å²) in [6.07, 6.45) is 2.72. The van der Waals surface area contributed by atoms with Crippen LogP contribution < -0.4 is 39.8 Å². The summed E-state index contributed by atoms with van der Waals surface area (Å²) in [5, 5.41) is 46.3. The molecule has 0 aliphatic heterocycles. The maximum atomic E-state index is 10.8. The van der Waals surface area contributed by atoms with E-state index in [1.807, 2.05) is 109 Å². The van der Waals surface area contributed by atoms with Gasteiger partial charge >= 0.3 is 23.1 Å². The van der Waals surface area contributed by atoms with Gasteiger partial charge in [0.1, 0.15) is 30.6 Å². The van der Waals surface area contributed by atoms with Crippen molar-refractivity contribution in [2.75, 3.05) is 27.4 Å². The molecule has 0 bridgehead atoms. The molecule has 87 heavy (non-hydrogen) atoms. The molecule has 0 aliphatic rings. The van der Waals surface area contributed by atoms with Crippen LogP contribution >= 0.6 is 120 Å². The third-order valence-electron chi connectivity index (χ3n) is 11.0. The van der Waals surface area contributed by atoms with Crippen molar-refractivity contribution in [3.8, 4) is 24.3 Å². The van der Waals surface area contributed by atoms with Gasteiger partial charge in [-0.3, -0.25) is 19.2 Å². The summed E-state index contributed by atoms with van der Waals surface area (Å²) >= 11 is 46.4. The molecule has 24 heteroatoms. The second-order valence-corrected chi connectivity index (χ2v) is 22.2. The first kappa shape index (κ1) is 85.7. The number of nitrogens with one attached hydrogen (secondary N) is 3. The molecule has 13 nitrogen and oxygen atoms in total. The molecule has 7 aromatic carbocycles. The molecule has 454 valence electrons. The summed E-state index contributed by atoms with van der Waals surface area (Å²) < 4.78 is 1.92. The van der Waals surface area contributed by atoms with Crippen LogP contribution in [0.5, 0.6) is 0 Å². The number of hydrogen-bond acceptors (Lipinski definition) is 10. The maximum Gasteiger partial charge on any atom is 2.00 e. The Hall–Kier alpha value is -5.52. The first-order valence-electron chi connectivity index (χ1n) is 24.8. The third-order valence-corrected chi connectivity index (χ3v) is 16.3. The number of halogens is 10. The van der Waals surface area contributed by atoms with E-state index in [1.165, 1.54) is 20.8 Å². The van der Waals surface area contributed by atoms with Crippen LogP contribution in [0.4, 0.5) is 28.4 Å². The fraction of sp³-hybridized carbons (Fsp3) is 0.190. The summed E-state index contributed by atoms with van der Waals surface area (Å²) in [5.41, 5.74) is 22.8. The minimum atomic E-state index is -0.158. The zero-order valence-electron chi connectivity index (χ0n) is 49.5. The fourth-order valence-electron chi connectivity index (χ4n) is 6.08. The zero-order chi connectivity index (χ0) is 65.4. The van der Waals surface area contributed by atoms with E-state index in [0.717, 1.165) is 64.2 Å². The average Bonchev–Trinajstić information content (AvgIpc) is 3.54. The Bertz CT molecular complexity index is 3590. The van der Waals surface area contributed by atoms with Crippen molar-refractivity contribution in [2.24, 2.45) is 0 Å². The van der Waals surface area contributed by atoms with Gasteiger partial charge in [-0.1, -0.05) is 99.4 Å². The van der Waals surface area contributed by atoms with E-state index in [0.29, 0.717) is 80.5 Å². The number of carbonyl (C=O) groups is 4. The largest absolute Gasteiger partial charge is 2.00 e. The summed E-state index contributed by atoms with van der Waals surface area (Å²) in [7, 11) is 0. The van der Waals surface area contributed by atoms with E-state index in [2.05, 4.69) is 54.5 Å². The zero-order valence-corrected chi connectivity index (χ0v) is 60.7. The number of nitrogens with two attached hydrogens (primary N) is 2. The number of nitrogens with zero attached hydrogens (tertiary/aromatic N) is 4. The number of aldehydes is 1. The molecule has 0 saturated carbocycles. The minimum absolute atomic E-state index is 0. The van der Waals surface area contributed by atoms with Crippen molar-refractivity contribution < 1.29 is 31.6 Å². The first-order chi connectivity index (χ1) is 39.8. The predicted molar refractivity (Wildman–Crippen MR) is 371 cm³/mol. The summed E-state index contributed by atoms with van der Waals surface area (Å²) in [4.78, 5) is 42.8. The van der Waals surface area contributed by atoms with Crippen molar-refractivity contribution in [3.05, 3.63) is 213 Å². The summed E-state index contributed by atoms with van der Waals surface area (Å²) in [6, 6.07) is 35.8. The Kier molecular flexibility index (Phi) is 44.2. The van der Waals surface area contributed by atoms with E-state index in [4.69, 9.17) is 114 Å². The van der Waals surface area contributed by atoms with E-state index in [-0.39, 0.29) is 53.2 Å². The second-order valence-electron chi connectivity index (χ2n) is 17.5. The standard InChI is InChI=1S/C10H9ClN2O.C9H9BrClNO.C9H10ClNO.C9H6ClNO.C8H5ClIN.C8H7ClN2.C7H8ClN.C3H7.ClH.Mg/c1-6-9(13-7(2)14)4-3-8(5-12)10(6)11;1-5-8(12-6(2)13)4-3-7(10)9(5)11;1-6-8(10)4-3-5-9(6)11-7(2)12;1-6-8(5-12)3-2-7(4-11)9(6)10;1-5-7(10)3-2-6(4-11)8(5)9;1-5-7(11)3-2-6(4-10)8(5)9;1-5-6(8)3-2-4-7(5)9;1-3-2;;/h3-4H,1-2H3,(H,13,14);3-4H,1-2H3,(H,12,13);3-5H,1-2H3,(H,11,12);2-3,5H,1H3;2-3H,1H3;2-3H,11H2,1H3;2-4H,9H2,1H3;3H,1-2H3;1H;/q;;;;;;;-1;;+2/p-1. The Morgan fingerprint density at radius 2 is 0.816 bits per heavy atom.